The summed E-state index contributed by atoms with van der Waals surface area (Å²) >= 11 is 1.86. The van der Waals surface area contributed by atoms with Gasteiger partial charge in [0.1, 0.15) is 0 Å². The first kappa shape index (κ1) is 30.1. The normalized spacial score (nSPS) is 13.4. The van der Waals surface area contributed by atoms with Gasteiger partial charge in [-0.2, -0.15) is 0 Å². The fraction of sp³-hybridized carbons (Fsp3) is 0.0200. The second kappa shape index (κ2) is 11.7. The van der Waals surface area contributed by atoms with E-state index in [2.05, 4.69) is 199 Å². The Balaban J connectivity index is 1.22. The number of pyridine rings is 1. The molecule has 0 saturated heterocycles. The summed E-state index contributed by atoms with van der Waals surface area (Å²) in [5.41, 5.74) is 11.0. The predicted molar refractivity (Wildman–Crippen MR) is 224 cm³/mol. The van der Waals surface area contributed by atoms with Gasteiger partial charge in [0.2, 0.25) is 0 Å². The Bertz CT molecular complexity index is 2910. The number of benzene rings is 8. The SMILES string of the molecule is c1ccc(-c2nc3cc(N4c5ccccc5C(c5ccccc5)(c5ccccc5)c5ccccc54)ccc3c3c2ccc2sc4ccccc4c23)cc1. The Kier molecular flexibility index (Phi) is 6.67. The summed E-state index contributed by atoms with van der Waals surface area (Å²) in [5, 5.41) is 6.22. The molecule has 3 heteroatoms. The third-order valence-electron chi connectivity index (χ3n) is 11.1. The smallest absolute Gasteiger partial charge is 0.0788 e. The van der Waals surface area contributed by atoms with Crippen molar-refractivity contribution in [1.29, 1.82) is 0 Å². The highest BCUT2D eigenvalue weighted by atomic mass is 32.1. The largest absolute Gasteiger partial charge is 0.310 e. The van der Waals surface area contributed by atoms with E-state index in [0.29, 0.717) is 0 Å². The van der Waals surface area contributed by atoms with Crippen LogP contribution in [0.25, 0.3) is 53.1 Å². The van der Waals surface area contributed by atoms with Crippen LogP contribution in [0.2, 0.25) is 0 Å². The Morgan fingerprint density at radius 2 is 1.00 bits per heavy atom. The van der Waals surface area contributed by atoms with Crippen LogP contribution in [-0.2, 0) is 5.41 Å². The first-order valence-corrected chi connectivity index (χ1v) is 19.0. The topological polar surface area (TPSA) is 16.1 Å². The summed E-state index contributed by atoms with van der Waals surface area (Å²) in [6.45, 7) is 0. The Hall–Kier alpha value is -6.55. The molecule has 2 aromatic heterocycles. The summed E-state index contributed by atoms with van der Waals surface area (Å²) in [6.07, 6.45) is 0. The standard InChI is InChI=1S/C50H32N2S/c1-4-16-33(17-5-1)49-39-30-31-46-48(38-22-10-15-27-45(38)53-46)47(39)37-29-28-36(32-42(37)51-49)52-43-25-13-11-23-40(43)50(34-18-6-2-7-19-34,35-20-8-3-9-21-35)41-24-12-14-26-44(41)52/h1-32H. The lowest BCUT2D eigenvalue weighted by atomic mass is 9.62. The van der Waals surface area contributed by atoms with Crippen LogP contribution < -0.4 is 4.90 Å². The van der Waals surface area contributed by atoms with Gasteiger partial charge in [0.25, 0.3) is 0 Å². The van der Waals surface area contributed by atoms with E-state index in [1.165, 1.54) is 58.6 Å². The van der Waals surface area contributed by atoms with Gasteiger partial charge in [0, 0.05) is 47.6 Å². The third-order valence-corrected chi connectivity index (χ3v) is 12.2. The Morgan fingerprint density at radius 3 is 1.68 bits per heavy atom. The fourth-order valence-electron chi connectivity index (χ4n) is 8.94. The molecule has 1 aliphatic rings. The zero-order valence-corrected chi connectivity index (χ0v) is 29.6. The van der Waals surface area contributed by atoms with Crippen molar-refractivity contribution in [2.45, 2.75) is 5.41 Å². The van der Waals surface area contributed by atoms with Crippen molar-refractivity contribution < 1.29 is 0 Å². The zero-order chi connectivity index (χ0) is 34.9. The number of hydrogen-bond acceptors (Lipinski definition) is 3. The van der Waals surface area contributed by atoms with Crippen molar-refractivity contribution in [1.82, 2.24) is 4.98 Å². The number of thiophene rings is 1. The number of hydrogen-bond donors (Lipinski definition) is 0. The van der Waals surface area contributed by atoms with Crippen LogP contribution in [0.3, 0.4) is 0 Å². The molecule has 8 aromatic carbocycles. The molecule has 0 fully saturated rings. The molecule has 11 rings (SSSR count). The maximum absolute atomic E-state index is 5.51. The van der Waals surface area contributed by atoms with Crippen molar-refractivity contribution in [2.75, 3.05) is 4.90 Å². The van der Waals surface area contributed by atoms with E-state index in [9.17, 15) is 0 Å². The summed E-state index contributed by atoms with van der Waals surface area (Å²) in [4.78, 5) is 7.96. The van der Waals surface area contributed by atoms with Crippen LogP contribution in [-0.4, -0.2) is 4.98 Å². The van der Waals surface area contributed by atoms with E-state index in [1.54, 1.807) is 0 Å². The van der Waals surface area contributed by atoms with E-state index in [0.717, 1.165) is 33.8 Å². The van der Waals surface area contributed by atoms with E-state index in [-0.39, 0.29) is 0 Å². The lowest BCUT2D eigenvalue weighted by Gasteiger charge is -2.46. The summed E-state index contributed by atoms with van der Waals surface area (Å²) in [6, 6.07) is 70.8. The summed E-state index contributed by atoms with van der Waals surface area (Å²) in [7, 11) is 0. The first-order valence-electron chi connectivity index (χ1n) is 18.1. The molecule has 0 amide bonds. The van der Waals surface area contributed by atoms with Gasteiger partial charge in [-0.3, -0.25) is 0 Å². The number of fused-ring (bicyclic) bond motifs is 9. The van der Waals surface area contributed by atoms with Crippen LogP contribution in [0, 0.1) is 0 Å². The number of aromatic nitrogens is 1. The van der Waals surface area contributed by atoms with E-state index in [4.69, 9.17) is 4.98 Å². The zero-order valence-electron chi connectivity index (χ0n) is 28.8. The van der Waals surface area contributed by atoms with Gasteiger partial charge in [0.05, 0.1) is 28.0 Å². The molecule has 3 heterocycles. The highest BCUT2D eigenvalue weighted by Gasteiger charge is 2.46. The minimum atomic E-state index is -0.510. The van der Waals surface area contributed by atoms with Gasteiger partial charge in [-0.15, -0.1) is 11.3 Å². The van der Waals surface area contributed by atoms with Gasteiger partial charge >= 0.3 is 0 Å². The molecule has 0 spiro atoms. The molecular weight excluding hydrogens is 661 g/mol. The molecule has 0 aliphatic carbocycles. The summed E-state index contributed by atoms with van der Waals surface area (Å²) in [5.74, 6) is 0. The lowest BCUT2D eigenvalue weighted by Crippen LogP contribution is -2.37. The molecule has 0 bridgehead atoms. The molecule has 53 heavy (non-hydrogen) atoms. The van der Waals surface area contributed by atoms with Crippen LogP contribution in [0.1, 0.15) is 22.3 Å². The molecule has 0 radical (unpaired) electrons. The van der Waals surface area contributed by atoms with Crippen LogP contribution >= 0.6 is 11.3 Å². The van der Waals surface area contributed by atoms with E-state index < -0.39 is 5.41 Å². The summed E-state index contributed by atoms with van der Waals surface area (Å²) < 4.78 is 2.60. The van der Waals surface area contributed by atoms with Crippen molar-refractivity contribution in [3.63, 3.8) is 0 Å². The number of para-hydroxylation sites is 2. The third kappa shape index (κ3) is 4.35. The molecule has 10 aromatic rings. The van der Waals surface area contributed by atoms with Gasteiger partial charge in [-0.25, -0.2) is 4.98 Å². The van der Waals surface area contributed by atoms with Gasteiger partial charge in [-0.05, 0) is 58.7 Å². The van der Waals surface area contributed by atoms with Crippen LogP contribution in [0.4, 0.5) is 17.1 Å². The van der Waals surface area contributed by atoms with Gasteiger partial charge in [0.15, 0.2) is 0 Å². The average molecular weight is 693 g/mol. The minimum Gasteiger partial charge on any atom is -0.310 e. The van der Waals surface area contributed by atoms with E-state index in [1.807, 2.05) is 11.3 Å². The molecule has 0 atom stereocenters. The van der Waals surface area contributed by atoms with Crippen LogP contribution in [0.5, 0.6) is 0 Å². The molecule has 248 valence electrons. The minimum absolute atomic E-state index is 0.510. The second-order valence-corrected chi connectivity index (χ2v) is 14.9. The Labute approximate surface area is 311 Å². The quantitative estimate of drug-likeness (QED) is 0.171. The van der Waals surface area contributed by atoms with Crippen molar-refractivity contribution in [2.24, 2.45) is 0 Å². The van der Waals surface area contributed by atoms with Crippen molar-refractivity contribution in [3.8, 4) is 11.3 Å². The highest BCUT2D eigenvalue weighted by molar-refractivity contribution is 7.26. The number of rotatable bonds is 4. The van der Waals surface area contributed by atoms with Crippen molar-refractivity contribution in [3.05, 3.63) is 216 Å². The van der Waals surface area contributed by atoms with Gasteiger partial charge < -0.3 is 4.90 Å². The molecule has 2 nitrogen and oxygen atoms in total. The number of nitrogens with zero attached hydrogens (tertiary/aromatic N) is 2. The number of anilines is 3. The van der Waals surface area contributed by atoms with Crippen LogP contribution in [0.15, 0.2) is 194 Å². The second-order valence-electron chi connectivity index (χ2n) is 13.8. The average Bonchev–Trinajstić information content (AvgIpc) is 3.62. The van der Waals surface area contributed by atoms with Crippen molar-refractivity contribution >= 4 is 70.2 Å². The maximum Gasteiger partial charge on any atom is 0.0788 e. The molecule has 0 N–H and O–H groups in total. The monoisotopic (exact) mass is 692 g/mol. The van der Waals surface area contributed by atoms with E-state index >= 15 is 0 Å². The lowest BCUT2D eigenvalue weighted by molar-refractivity contribution is 0.731. The van der Waals surface area contributed by atoms with Gasteiger partial charge in [-0.1, -0.05) is 158 Å². The Morgan fingerprint density at radius 1 is 0.434 bits per heavy atom. The predicted octanol–water partition coefficient (Wildman–Crippen LogP) is 13.6. The fourth-order valence-corrected chi connectivity index (χ4v) is 10.1. The molecule has 0 unspecified atom stereocenters. The highest BCUT2D eigenvalue weighted by Crippen LogP contribution is 2.57. The maximum atomic E-state index is 5.51. The molecule has 0 saturated carbocycles. The first-order chi connectivity index (χ1) is 26.3. The molecule has 1 aliphatic heterocycles. The molecular formula is C50H32N2S.